The lowest BCUT2D eigenvalue weighted by molar-refractivity contribution is -0.116. The molecule has 170 valence electrons. The summed E-state index contributed by atoms with van der Waals surface area (Å²) in [5.41, 5.74) is 2.37. The summed E-state index contributed by atoms with van der Waals surface area (Å²) in [5.74, 6) is 0.0648. The summed E-state index contributed by atoms with van der Waals surface area (Å²) >= 11 is 0. The quantitative estimate of drug-likeness (QED) is 0.582. The SMILES string of the molecule is CCN(CC(=O)Nc1cc(C(C)(C)C)nn1-c1ccccc1)S(=O)(=O)c1ccc(C)cc1. The molecule has 1 heterocycles. The van der Waals surface area contributed by atoms with Crippen molar-refractivity contribution in [1.29, 1.82) is 0 Å². The average molecular weight is 455 g/mol. The van der Waals surface area contributed by atoms with Crippen molar-refractivity contribution in [2.75, 3.05) is 18.4 Å². The molecule has 0 fully saturated rings. The summed E-state index contributed by atoms with van der Waals surface area (Å²) in [6.07, 6.45) is 0. The highest BCUT2D eigenvalue weighted by Crippen LogP contribution is 2.26. The number of hydrogen-bond acceptors (Lipinski definition) is 4. The van der Waals surface area contributed by atoms with E-state index in [0.29, 0.717) is 5.82 Å². The predicted molar refractivity (Wildman–Crippen MR) is 127 cm³/mol. The molecule has 0 unspecified atom stereocenters. The summed E-state index contributed by atoms with van der Waals surface area (Å²) in [7, 11) is -3.79. The number of nitrogens with zero attached hydrogens (tertiary/aromatic N) is 3. The van der Waals surface area contributed by atoms with Crippen LogP contribution in [0.2, 0.25) is 0 Å². The van der Waals surface area contributed by atoms with Crippen LogP contribution in [0.1, 0.15) is 39.0 Å². The first kappa shape index (κ1) is 23.7. The fourth-order valence-corrected chi connectivity index (χ4v) is 4.58. The molecule has 1 aromatic heterocycles. The molecule has 0 aliphatic carbocycles. The molecule has 32 heavy (non-hydrogen) atoms. The lowest BCUT2D eigenvalue weighted by atomic mass is 9.92. The smallest absolute Gasteiger partial charge is 0.243 e. The van der Waals surface area contributed by atoms with Crippen LogP contribution in [0.25, 0.3) is 5.69 Å². The van der Waals surface area contributed by atoms with Crippen molar-refractivity contribution < 1.29 is 13.2 Å². The van der Waals surface area contributed by atoms with E-state index in [1.807, 2.05) is 64.1 Å². The van der Waals surface area contributed by atoms with E-state index in [2.05, 4.69) is 10.4 Å². The van der Waals surface area contributed by atoms with Gasteiger partial charge in [-0.1, -0.05) is 63.6 Å². The second-order valence-electron chi connectivity index (χ2n) is 8.70. The number of carbonyl (C=O) groups is 1. The van der Waals surface area contributed by atoms with Gasteiger partial charge in [-0.15, -0.1) is 0 Å². The Morgan fingerprint density at radius 2 is 1.69 bits per heavy atom. The third-order valence-electron chi connectivity index (χ3n) is 5.08. The minimum Gasteiger partial charge on any atom is -0.309 e. The molecule has 1 N–H and O–H groups in total. The van der Waals surface area contributed by atoms with Gasteiger partial charge < -0.3 is 5.32 Å². The number of para-hydroxylation sites is 1. The number of aromatic nitrogens is 2. The Hall–Kier alpha value is -2.97. The van der Waals surface area contributed by atoms with Gasteiger partial charge in [-0.2, -0.15) is 9.40 Å². The van der Waals surface area contributed by atoms with E-state index in [0.717, 1.165) is 16.9 Å². The molecule has 0 spiro atoms. The zero-order valence-corrected chi connectivity index (χ0v) is 20.0. The van der Waals surface area contributed by atoms with Gasteiger partial charge in [-0.05, 0) is 31.2 Å². The van der Waals surface area contributed by atoms with Gasteiger partial charge in [-0.25, -0.2) is 13.1 Å². The van der Waals surface area contributed by atoms with Crippen molar-refractivity contribution >= 4 is 21.7 Å². The van der Waals surface area contributed by atoms with E-state index in [-0.39, 0.29) is 23.4 Å². The van der Waals surface area contributed by atoms with Crippen LogP contribution >= 0.6 is 0 Å². The molecule has 2 aromatic carbocycles. The van der Waals surface area contributed by atoms with Crippen molar-refractivity contribution in [3.05, 3.63) is 71.9 Å². The van der Waals surface area contributed by atoms with Crippen LogP contribution in [0.3, 0.4) is 0 Å². The Morgan fingerprint density at radius 1 is 1.06 bits per heavy atom. The number of sulfonamides is 1. The Balaban J connectivity index is 1.86. The Labute approximate surface area is 190 Å². The highest BCUT2D eigenvalue weighted by Gasteiger charge is 2.26. The first-order chi connectivity index (χ1) is 15.0. The summed E-state index contributed by atoms with van der Waals surface area (Å²) in [5, 5.41) is 7.53. The molecular formula is C24H30N4O3S. The number of nitrogens with one attached hydrogen (secondary N) is 1. The van der Waals surface area contributed by atoms with Gasteiger partial charge in [0, 0.05) is 18.0 Å². The molecule has 1 amide bonds. The summed E-state index contributed by atoms with van der Waals surface area (Å²) in [4.78, 5) is 13.1. The molecule has 0 aliphatic heterocycles. The number of carbonyl (C=O) groups excluding carboxylic acids is 1. The monoisotopic (exact) mass is 454 g/mol. The molecule has 0 saturated heterocycles. The van der Waals surface area contributed by atoms with Gasteiger partial charge in [0.2, 0.25) is 15.9 Å². The van der Waals surface area contributed by atoms with Crippen LogP contribution < -0.4 is 5.32 Å². The number of rotatable bonds is 7. The molecule has 0 atom stereocenters. The number of benzene rings is 2. The van der Waals surface area contributed by atoms with Crippen LogP contribution in [-0.4, -0.2) is 41.5 Å². The first-order valence-corrected chi connectivity index (χ1v) is 12.0. The summed E-state index contributed by atoms with van der Waals surface area (Å²) in [6.45, 7) is 9.62. The Kier molecular flexibility index (Phi) is 6.85. The van der Waals surface area contributed by atoms with E-state index in [4.69, 9.17) is 0 Å². The molecule has 8 heteroatoms. The van der Waals surface area contributed by atoms with Crippen molar-refractivity contribution in [3.8, 4) is 5.69 Å². The number of amides is 1. The fraction of sp³-hybridized carbons (Fsp3) is 0.333. The molecule has 0 bridgehead atoms. The molecule has 3 aromatic rings. The molecular weight excluding hydrogens is 424 g/mol. The maximum atomic E-state index is 13.0. The van der Waals surface area contributed by atoms with Gasteiger partial charge in [0.1, 0.15) is 5.82 Å². The van der Waals surface area contributed by atoms with E-state index in [9.17, 15) is 13.2 Å². The van der Waals surface area contributed by atoms with Crippen LogP contribution in [-0.2, 0) is 20.2 Å². The minimum atomic E-state index is -3.79. The number of aryl methyl sites for hydroxylation is 1. The third-order valence-corrected chi connectivity index (χ3v) is 7.01. The van der Waals surface area contributed by atoms with E-state index in [1.54, 1.807) is 35.9 Å². The topological polar surface area (TPSA) is 84.3 Å². The second kappa shape index (κ2) is 9.26. The van der Waals surface area contributed by atoms with E-state index in [1.165, 1.54) is 4.31 Å². The van der Waals surface area contributed by atoms with Crippen molar-refractivity contribution in [2.24, 2.45) is 0 Å². The van der Waals surface area contributed by atoms with Crippen LogP contribution in [0, 0.1) is 6.92 Å². The van der Waals surface area contributed by atoms with E-state index < -0.39 is 15.9 Å². The van der Waals surface area contributed by atoms with Gasteiger partial charge in [-0.3, -0.25) is 4.79 Å². The summed E-state index contributed by atoms with van der Waals surface area (Å²) in [6, 6.07) is 17.9. The zero-order valence-electron chi connectivity index (χ0n) is 19.2. The standard InChI is InChI=1S/C24H30N4O3S/c1-6-27(32(30,31)20-14-12-18(2)13-15-20)17-23(29)25-22-16-21(24(3,4)5)26-28(22)19-10-8-7-9-11-19/h7-16H,6,17H2,1-5H3,(H,25,29). The zero-order chi connectivity index (χ0) is 23.5. The maximum Gasteiger partial charge on any atom is 0.243 e. The largest absolute Gasteiger partial charge is 0.309 e. The number of anilines is 1. The highest BCUT2D eigenvalue weighted by molar-refractivity contribution is 7.89. The minimum absolute atomic E-state index is 0.169. The predicted octanol–water partition coefficient (Wildman–Crippen LogP) is 4.13. The second-order valence-corrected chi connectivity index (χ2v) is 10.6. The maximum absolute atomic E-state index is 13.0. The van der Waals surface area contributed by atoms with Crippen LogP contribution in [0.5, 0.6) is 0 Å². The lowest BCUT2D eigenvalue weighted by Crippen LogP contribution is -2.38. The van der Waals surface area contributed by atoms with E-state index >= 15 is 0 Å². The van der Waals surface area contributed by atoms with Gasteiger partial charge in [0.15, 0.2) is 0 Å². The van der Waals surface area contributed by atoms with Gasteiger partial charge >= 0.3 is 0 Å². The molecule has 0 radical (unpaired) electrons. The van der Waals surface area contributed by atoms with Gasteiger partial charge in [0.05, 0.1) is 22.8 Å². The fourth-order valence-electron chi connectivity index (χ4n) is 3.17. The normalized spacial score (nSPS) is 12.2. The highest BCUT2D eigenvalue weighted by atomic mass is 32.2. The van der Waals surface area contributed by atoms with Crippen molar-refractivity contribution in [3.63, 3.8) is 0 Å². The lowest BCUT2D eigenvalue weighted by Gasteiger charge is -2.20. The van der Waals surface area contributed by atoms with Crippen molar-refractivity contribution in [1.82, 2.24) is 14.1 Å². The Morgan fingerprint density at radius 3 is 2.25 bits per heavy atom. The molecule has 3 rings (SSSR count). The average Bonchev–Trinajstić information content (AvgIpc) is 3.17. The molecule has 7 nitrogen and oxygen atoms in total. The van der Waals surface area contributed by atoms with Crippen LogP contribution in [0.4, 0.5) is 5.82 Å². The molecule has 0 aliphatic rings. The number of hydrogen-bond donors (Lipinski definition) is 1. The van der Waals surface area contributed by atoms with Gasteiger partial charge in [0.25, 0.3) is 0 Å². The van der Waals surface area contributed by atoms with Crippen LogP contribution in [0.15, 0.2) is 65.6 Å². The third kappa shape index (κ3) is 5.26. The van der Waals surface area contributed by atoms with Crippen molar-refractivity contribution in [2.45, 2.75) is 44.9 Å². The molecule has 0 saturated carbocycles. The first-order valence-electron chi connectivity index (χ1n) is 10.5. The summed E-state index contributed by atoms with van der Waals surface area (Å²) < 4.78 is 28.9. The Bertz CT molecular complexity index is 1180. The number of likely N-dealkylation sites (N-methyl/N-ethyl adjacent to an activating group) is 1.